The van der Waals surface area contributed by atoms with E-state index in [-0.39, 0.29) is 6.10 Å². The summed E-state index contributed by atoms with van der Waals surface area (Å²) in [6.07, 6.45) is 6.47. The van der Waals surface area contributed by atoms with Crippen LogP contribution in [0.3, 0.4) is 0 Å². The molecule has 1 aromatic rings. The zero-order chi connectivity index (χ0) is 9.54. The molecule has 1 aliphatic carbocycles. The molecule has 0 saturated heterocycles. The van der Waals surface area contributed by atoms with Crippen molar-refractivity contribution in [2.24, 2.45) is 0 Å². The minimum Gasteiger partial charge on any atom is -0.484 e. The van der Waals surface area contributed by atoms with E-state index in [2.05, 4.69) is 40.2 Å². The van der Waals surface area contributed by atoms with Crippen molar-refractivity contribution in [3.05, 3.63) is 52.5 Å². The number of ether oxygens (including phenoxy) is 1. The van der Waals surface area contributed by atoms with Gasteiger partial charge in [-0.05, 0) is 12.1 Å². The van der Waals surface area contributed by atoms with Gasteiger partial charge >= 0.3 is 0 Å². The van der Waals surface area contributed by atoms with Crippen LogP contribution >= 0.6 is 15.9 Å². The molecule has 0 spiro atoms. The topological polar surface area (TPSA) is 9.23 Å². The number of benzene rings is 1. The number of rotatable bonds is 0. The van der Waals surface area contributed by atoms with Crippen LogP contribution in [0.1, 0.15) is 11.5 Å². The van der Waals surface area contributed by atoms with Gasteiger partial charge < -0.3 is 4.74 Å². The van der Waals surface area contributed by atoms with Gasteiger partial charge in [-0.25, -0.2) is 0 Å². The molecule has 0 N–H and O–H groups in total. The van der Waals surface area contributed by atoms with Crippen LogP contribution in [0.2, 0.25) is 0 Å². The molecule has 70 valence electrons. The SMILES string of the molecule is BrC1=CC=CC2c3ccccc3OC12. The molecular formula is C12H9BrO. The van der Waals surface area contributed by atoms with Crippen molar-refractivity contribution in [3.63, 3.8) is 0 Å². The zero-order valence-corrected chi connectivity index (χ0v) is 9.07. The first-order valence-corrected chi connectivity index (χ1v) is 5.45. The molecule has 0 radical (unpaired) electrons. The van der Waals surface area contributed by atoms with Crippen LogP contribution in [0.15, 0.2) is 47.0 Å². The van der Waals surface area contributed by atoms with Crippen molar-refractivity contribution < 1.29 is 4.74 Å². The second-order valence-corrected chi connectivity index (χ2v) is 4.45. The predicted molar refractivity (Wildman–Crippen MR) is 59.7 cm³/mol. The van der Waals surface area contributed by atoms with Crippen LogP contribution in [-0.2, 0) is 0 Å². The number of fused-ring (bicyclic) bond motifs is 3. The van der Waals surface area contributed by atoms with Crippen molar-refractivity contribution in [2.45, 2.75) is 12.0 Å². The monoisotopic (exact) mass is 248 g/mol. The first-order valence-electron chi connectivity index (χ1n) is 4.66. The molecule has 2 aliphatic rings. The Labute approximate surface area is 91.2 Å². The zero-order valence-electron chi connectivity index (χ0n) is 7.48. The largest absolute Gasteiger partial charge is 0.484 e. The summed E-state index contributed by atoms with van der Waals surface area (Å²) in [4.78, 5) is 0. The molecule has 0 bridgehead atoms. The molecule has 14 heavy (non-hydrogen) atoms. The summed E-state index contributed by atoms with van der Waals surface area (Å²) in [5, 5.41) is 0. The number of halogens is 1. The molecule has 1 aromatic carbocycles. The Bertz CT molecular complexity index is 434. The molecule has 0 amide bonds. The van der Waals surface area contributed by atoms with Gasteiger partial charge in [-0.1, -0.05) is 46.3 Å². The Balaban J connectivity index is 2.11. The van der Waals surface area contributed by atoms with Gasteiger partial charge in [-0.2, -0.15) is 0 Å². The molecule has 0 aromatic heterocycles. The molecule has 0 saturated carbocycles. The van der Waals surface area contributed by atoms with Crippen molar-refractivity contribution >= 4 is 15.9 Å². The molecular weight excluding hydrogens is 240 g/mol. The van der Waals surface area contributed by atoms with Crippen LogP contribution in [0.25, 0.3) is 0 Å². The third-order valence-electron chi connectivity index (χ3n) is 2.70. The minimum atomic E-state index is 0.150. The number of allylic oxidation sites excluding steroid dienone is 2. The summed E-state index contributed by atoms with van der Waals surface area (Å²) < 4.78 is 6.98. The van der Waals surface area contributed by atoms with E-state index in [9.17, 15) is 0 Å². The Morgan fingerprint density at radius 3 is 3.00 bits per heavy atom. The van der Waals surface area contributed by atoms with Gasteiger partial charge in [0, 0.05) is 16.0 Å². The number of hydrogen-bond donors (Lipinski definition) is 0. The highest BCUT2D eigenvalue weighted by molar-refractivity contribution is 9.11. The van der Waals surface area contributed by atoms with Crippen molar-refractivity contribution in [1.82, 2.24) is 0 Å². The van der Waals surface area contributed by atoms with Gasteiger partial charge in [0.1, 0.15) is 11.9 Å². The highest BCUT2D eigenvalue weighted by atomic mass is 79.9. The second-order valence-electron chi connectivity index (χ2n) is 3.54. The van der Waals surface area contributed by atoms with Crippen LogP contribution in [-0.4, -0.2) is 6.10 Å². The summed E-state index contributed by atoms with van der Waals surface area (Å²) in [5.74, 6) is 1.39. The molecule has 2 unspecified atom stereocenters. The van der Waals surface area contributed by atoms with Crippen LogP contribution in [0, 0.1) is 0 Å². The standard InChI is InChI=1S/C12H9BrO/c13-10-6-3-5-9-8-4-1-2-7-11(8)14-12(9)10/h1-7,9,12H. The van der Waals surface area contributed by atoms with Gasteiger partial charge in [-0.15, -0.1) is 0 Å². The van der Waals surface area contributed by atoms with Gasteiger partial charge in [-0.3, -0.25) is 0 Å². The number of para-hydroxylation sites is 1. The quantitative estimate of drug-likeness (QED) is 0.684. The molecule has 2 atom stereocenters. The summed E-state index contributed by atoms with van der Waals surface area (Å²) in [6, 6.07) is 8.24. The molecule has 1 heterocycles. The molecule has 1 aliphatic heterocycles. The Morgan fingerprint density at radius 2 is 2.07 bits per heavy atom. The fourth-order valence-corrected chi connectivity index (χ4v) is 2.56. The van der Waals surface area contributed by atoms with Crippen molar-refractivity contribution in [1.29, 1.82) is 0 Å². The highest BCUT2D eigenvalue weighted by Crippen LogP contribution is 2.44. The van der Waals surface area contributed by atoms with Crippen LogP contribution in [0.4, 0.5) is 0 Å². The summed E-state index contributed by atoms with van der Waals surface area (Å²) in [6.45, 7) is 0. The fraction of sp³-hybridized carbons (Fsp3) is 0.167. The van der Waals surface area contributed by atoms with E-state index in [4.69, 9.17) is 4.74 Å². The molecule has 0 fully saturated rings. The number of hydrogen-bond acceptors (Lipinski definition) is 1. The molecule has 2 heteroatoms. The predicted octanol–water partition coefficient (Wildman–Crippen LogP) is 3.38. The maximum absolute atomic E-state index is 5.86. The normalized spacial score (nSPS) is 27.6. The first kappa shape index (κ1) is 8.30. The lowest BCUT2D eigenvalue weighted by Gasteiger charge is -2.18. The van der Waals surface area contributed by atoms with Crippen LogP contribution < -0.4 is 4.74 Å². The van der Waals surface area contributed by atoms with Gasteiger partial charge in [0.05, 0.1) is 0 Å². The minimum absolute atomic E-state index is 0.150. The average molecular weight is 249 g/mol. The van der Waals surface area contributed by atoms with Crippen molar-refractivity contribution in [3.8, 4) is 5.75 Å². The fourth-order valence-electron chi connectivity index (χ4n) is 2.03. The average Bonchev–Trinajstić information content (AvgIpc) is 2.59. The first-order chi connectivity index (χ1) is 6.86. The van der Waals surface area contributed by atoms with E-state index in [0.29, 0.717) is 5.92 Å². The third-order valence-corrected chi connectivity index (χ3v) is 3.42. The maximum Gasteiger partial charge on any atom is 0.141 e. The smallest absolute Gasteiger partial charge is 0.141 e. The summed E-state index contributed by atoms with van der Waals surface area (Å²) >= 11 is 3.54. The van der Waals surface area contributed by atoms with E-state index in [1.54, 1.807) is 0 Å². The molecule has 3 rings (SSSR count). The lowest BCUT2D eigenvalue weighted by Crippen LogP contribution is -2.19. The van der Waals surface area contributed by atoms with E-state index >= 15 is 0 Å². The summed E-state index contributed by atoms with van der Waals surface area (Å²) in [5.41, 5.74) is 1.29. The molecule has 1 nitrogen and oxygen atoms in total. The van der Waals surface area contributed by atoms with E-state index in [0.717, 1.165) is 10.2 Å². The lowest BCUT2D eigenvalue weighted by atomic mass is 9.92. The van der Waals surface area contributed by atoms with Gasteiger partial charge in [0.25, 0.3) is 0 Å². The summed E-state index contributed by atoms with van der Waals surface area (Å²) in [7, 11) is 0. The second kappa shape index (κ2) is 2.99. The maximum atomic E-state index is 5.86. The van der Waals surface area contributed by atoms with E-state index in [1.165, 1.54) is 5.56 Å². The van der Waals surface area contributed by atoms with Crippen molar-refractivity contribution in [2.75, 3.05) is 0 Å². The van der Waals surface area contributed by atoms with E-state index in [1.807, 2.05) is 18.2 Å². The Morgan fingerprint density at radius 1 is 1.21 bits per heavy atom. The van der Waals surface area contributed by atoms with Gasteiger partial charge in [0.2, 0.25) is 0 Å². The van der Waals surface area contributed by atoms with E-state index < -0.39 is 0 Å². The third kappa shape index (κ3) is 1.07. The Hall–Kier alpha value is -1.02. The lowest BCUT2D eigenvalue weighted by molar-refractivity contribution is 0.266. The van der Waals surface area contributed by atoms with Crippen LogP contribution in [0.5, 0.6) is 5.75 Å². The van der Waals surface area contributed by atoms with Gasteiger partial charge in [0.15, 0.2) is 0 Å². The Kier molecular flexibility index (Phi) is 1.77. The highest BCUT2D eigenvalue weighted by Gasteiger charge is 2.35.